The van der Waals surface area contributed by atoms with Gasteiger partial charge in [0.1, 0.15) is 0 Å². The van der Waals surface area contributed by atoms with Gasteiger partial charge in [0.25, 0.3) is 0 Å². The van der Waals surface area contributed by atoms with Crippen molar-refractivity contribution in [2.45, 2.75) is 0 Å². The molecule has 0 aliphatic rings. The van der Waals surface area contributed by atoms with Gasteiger partial charge >= 0.3 is 217 Å². The molecule has 0 amide bonds. The normalized spacial score (nSPS) is 9.45. The molecule has 0 aromatic heterocycles. The van der Waals surface area contributed by atoms with E-state index in [1.165, 1.54) is 0 Å². The third-order valence-electron chi connectivity index (χ3n) is 0.419. The van der Waals surface area contributed by atoms with Crippen LogP contribution in [0.5, 0.6) is 0 Å². The molecule has 10 nitrogen and oxygen atoms in total. The van der Waals surface area contributed by atoms with Crippen LogP contribution in [0, 0.1) is 0 Å². The van der Waals surface area contributed by atoms with Gasteiger partial charge in [-0.25, -0.2) is 13.7 Å². The fourth-order valence-corrected chi connectivity index (χ4v) is 2.82. The van der Waals surface area contributed by atoms with Gasteiger partial charge in [0.05, 0.1) is 0 Å². The Morgan fingerprint density at radius 1 is 0.750 bits per heavy atom. The minimum absolute atomic E-state index is 0. The van der Waals surface area contributed by atoms with Crippen molar-refractivity contribution in [2.24, 2.45) is 0 Å². The topological polar surface area (TPSA) is 171 Å². The largest absolute Gasteiger partial charge is 2.00 e. The zero-order chi connectivity index (χ0) is 10.9. The number of halogens is 2. The summed E-state index contributed by atoms with van der Waals surface area (Å²) in [6.07, 6.45) is 0. The maximum absolute atomic E-state index is 10.4. The van der Waals surface area contributed by atoms with Gasteiger partial charge in [-0.15, -0.1) is 0 Å². The van der Waals surface area contributed by atoms with Crippen molar-refractivity contribution in [2.75, 3.05) is 0 Å². The molecule has 0 fully saturated rings. The molecule has 0 saturated heterocycles. The van der Waals surface area contributed by atoms with Gasteiger partial charge in [0, 0.05) is 0 Å². The molecule has 0 aliphatic heterocycles. The summed E-state index contributed by atoms with van der Waals surface area (Å²) in [5, 5.41) is 0. The van der Waals surface area contributed by atoms with E-state index in [2.05, 4.69) is 8.62 Å². The first-order valence-electron chi connectivity index (χ1n) is 2.28. The van der Waals surface area contributed by atoms with Crippen LogP contribution < -0.4 is 157 Å². The Morgan fingerprint density at radius 2 is 0.900 bits per heavy atom. The van der Waals surface area contributed by atoms with Crippen LogP contribution in [0.15, 0.2) is 0 Å². The molecule has 0 unspecified atom stereocenters. The predicted molar refractivity (Wildman–Crippen MR) is 53.2 cm³/mol. The van der Waals surface area contributed by atoms with Gasteiger partial charge in [-0.1, -0.05) is 0 Å². The van der Waals surface area contributed by atoms with Crippen molar-refractivity contribution in [3.63, 3.8) is 0 Å². The molecule has 5 N–H and O–H groups in total. The van der Waals surface area contributed by atoms with E-state index in [0.717, 1.165) is 0 Å². The SMILES string of the molecule is O=P(O)(O)OP(=O)(O)OP(=O)(O)O.[Ca+2].[Cl-].[Cl-].[H-].[H-].[H-].[H-].[H-].[K+].[K+].[Mg+2].[Na+]. The van der Waals surface area contributed by atoms with Crippen LogP contribution in [0.4, 0.5) is 0 Å². The van der Waals surface area contributed by atoms with E-state index in [0.29, 0.717) is 0 Å². The molecule has 0 aliphatic carbocycles. The monoisotopic (exact) mass is 498 g/mol. The Balaban J connectivity index is -0.0000000109. The number of phosphoric acid groups is 3. The Hall–Kier alpha value is 7.29. The maximum atomic E-state index is 10.4. The first-order chi connectivity index (χ1) is 5.41. The summed E-state index contributed by atoms with van der Waals surface area (Å²) in [5.41, 5.74) is 0. The molecule has 0 heterocycles. The summed E-state index contributed by atoms with van der Waals surface area (Å²) in [4.78, 5) is 40.2. The van der Waals surface area contributed by atoms with Crippen LogP contribution in [0.25, 0.3) is 0 Å². The second kappa shape index (κ2) is 22.6. The Labute approximate surface area is 288 Å². The van der Waals surface area contributed by atoms with Crippen LogP contribution in [-0.2, 0) is 22.3 Å². The summed E-state index contributed by atoms with van der Waals surface area (Å²) >= 11 is 0. The van der Waals surface area contributed by atoms with Gasteiger partial charge in [-0.05, 0) is 0 Å². The van der Waals surface area contributed by atoms with E-state index < -0.39 is 23.5 Å². The fraction of sp³-hybridized carbons (Fsp3) is 0. The van der Waals surface area contributed by atoms with Crippen LogP contribution in [0.3, 0.4) is 0 Å². The van der Waals surface area contributed by atoms with Gasteiger partial charge in [-0.3, -0.25) is 0 Å². The van der Waals surface area contributed by atoms with Gasteiger partial charge in [0.15, 0.2) is 0 Å². The van der Waals surface area contributed by atoms with Gasteiger partial charge < -0.3 is 56.4 Å². The van der Waals surface area contributed by atoms with Crippen molar-refractivity contribution in [3.05, 3.63) is 0 Å². The second-order valence-corrected chi connectivity index (χ2v) is 5.82. The fourth-order valence-electron chi connectivity index (χ4n) is 0.284. The first-order valence-corrected chi connectivity index (χ1v) is 6.83. The van der Waals surface area contributed by atoms with Crippen LogP contribution >= 0.6 is 23.5 Å². The standard InChI is InChI=1S/Ca.2ClH.2K.Mg.Na.H5O10P3.5H/c;;;;;;;1-11(2,3)9-13(7,8)10-12(4,5)6;;;;;/h;2*1H;;;;;(H,7,8)(H2,1,2,3)(H2,4,5,6);;;;;/q+2;;;2*+1;+2;+1;;5*-1/p-2. The molecule has 20 heavy (non-hydrogen) atoms. The summed E-state index contributed by atoms with van der Waals surface area (Å²) in [7, 11) is -16.2. The summed E-state index contributed by atoms with van der Waals surface area (Å²) in [5.74, 6) is 0. The molecule has 0 saturated carbocycles. The molecule has 0 rings (SSSR count). The molecule has 0 bridgehead atoms. The van der Waals surface area contributed by atoms with E-state index in [1.54, 1.807) is 0 Å². The first kappa shape index (κ1) is 50.7. The number of hydrogen-bond donors (Lipinski definition) is 5. The van der Waals surface area contributed by atoms with E-state index in [1.807, 2.05) is 0 Å². The minimum atomic E-state index is -5.46. The molecular formula is H10CaCl2K2MgNaO10P3. The van der Waals surface area contributed by atoms with E-state index in [4.69, 9.17) is 24.5 Å². The maximum Gasteiger partial charge on any atom is 2.00 e. The zero-order valence-corrected chi connectivity index (χ0v) is 26.9. The Bertz CT molecular complexity index is 325. The summed E-state index contributed by atoms with van der Waals surface area (Å²) in [6, 6.07) is 0. The molecule has 0 radical (unpaired) electrons. The molecule has 0 atom stereocenters. The minimum Gasteiger partial charge on any atom is -1.00 e. The number of hydrogen-bond acceptors (Lipinski definition) is 5. The van der Waals surface area contributed by atoms with Crippen LogP contribution in [0.1, 0.15) is 7.13 Å². The quantitative estimate of drug-likeness (QED) is 0.185. The third kappa shape index (κ3) is 40.1. The van der Waals surface area contributed by atoms with Crippen molar-refractivity contribution < 1.29 is 211 Å². The predicted octanol–water partition coefficient (Wildman–Crippen LogP) is -15.9. The van der Waals surface area contributed by atoms with E-state index in [-0.39, 0.29) is 225 Å². The van der Waals surface area contributed by atoms with Gasteiger partial charge in [-0.2, -0.15) is 8.62 Å². The summed E-state index contributed by atoms with van der Waals surface area (Å²) < 4.78 is 36.4. The van der Waals surface area contributed by atoms with Crippen molar-refractivity contribution >= 4 is 84.3 Å². The van der Waals surface area contributed by atoms with Crippen molar-refractivity contribution in [1.82, 2.24) is 0 Å². The molecule has 106 valence electrons. The molecule has 20 heteroatoms. The number of rotatable bonds is 4. The Morgan fingerprint density at radius 3 is 1.00 bits per heavy atom. The van der Waals surface area contributed by atoms with Crippen molar-refractivity contribution in [1.29, 1.82) is 0 Å². The average Bonchev–Trinajstić information content (AvgIpc) is 1.43. The molecular weight excluding hydrogens is 489 g/mol. The Kier molecular flexibility index (Phi) is 57.2. The molecule has 0 aromatic carbocycles. The van der Waals surface area contributed by atoms with Gasteiger partial charge in [0.2, 0.25) is 0 Å². The summed E-state index contributed by atoms with van der Waals surface area (Å²) in [6.45, 7) is 0. The second-order valence-electron chi connectivity index (χ2n) is 1.61. The zero-order valence-electron chi connectivity index (χ0n) is 15.8. The smallest absolute Gasteiger partial charge is 1.00 e. The van der Waals surface area contributed by atoms with Crippen molar-refractivity contribution in [3.8, 4) is 0 Å². The third-order valence-corrected chi connectivity index (χ3v) is 3.77. The molecule has 0 spiro atoms. The van der Waals surface area contributed by atoms with E-state index >= 15 is 0 Å². The van der Waals surface area contributed by atoms with E-state index in [9.17, 15) is 13.7 Å². The van der Waals surface area contributed by atoms with Crippen LogP contribution in [0.2, 0.25) is 0 Å². The average molecular weight is 499 g/mol. The van der Waals surface area contributed by atoms with Crippen LogP contribution in [-0.4, -0.2) is 85.3 Å². The molecule has 0 aromatic rings.